The molecule has 4 nitrogen and oxygen atoms in total. The molecule has 0 aliphatic rings. The summed E-state index contributed by atoms with van der Waals surface area (Å²) in [6.07, 6.45) is 1.39. The Morgan fingerprint density at radius 2 is 2.25 bits per heavy atom. The summed E-state index contributed by atoms with van der Waals surface area (Å²) in [5, 5.41) is 8.70. The number of aromatic carboxylic acids is 1. The van der Waals surface area contributed by atoms with E-state index in [4.69, 9.17) is 5.11 Å². The minimum atomic E-state index is -0.933. The van der Waals surface area contributed by atoms with Crippen LogP contribution in [0.5, 0.6) is 0 Å². The van der Waals surface area contributed by atoms with Crippen LogP contribution in [0, 0.1) is 0 Å². The minimum Gasteiger partial charge on any atom is -0.477 e. The number of aromatic nitrogens is 2. The van der Waals surface area contributed by atoms with Crippen molar-refractivity contribution >= 4 is 5.97 Å². The quantitative estimate of drug-likeness (QED) is 0.722. The fourth-order valence-corrected chi connectivity index (χ4v) is 1.16. The number of carbonyl (C=O) groups is 1. The Morgan fingerprint density at radius 3 is 2.50 bits per heavy atom. The van der Waals surface area contributed by atoms with Crippen LogP contribution in [0.25, 0.3) is 0 Å². The highest BCUT2D eigenvalue weighted by atomic mass is 16.4. The molecule has 0 saturated carbocycles. The molecule has 0 unspecified atom stereocenters. The molecule has 1 N–H and O–H groups in total. The standard InChI is InChI=1S/C8H12N2O2/c1-5(2)7-9-4-6(8(11)12)10(7)3/h4-5H,1-3H3,(H,11,12). The van der Waals surface area contributed by atoms with Crippen LogP contribution in [0.1, 0.15) is 36.1 Å². The fraction of sp³-hybridized carbons (Fsp3) is 0.500. The lowest BCUT2D eigenvalue weighted by atomic mass is 10.2. The zero-order valence-corrected chi connectivity index (χ0v) is 7.40. The molecule has 0 aliphatic carbocycles. The molecule has 0 radical (unpaired) electrons. The molecule has 0 amide bonds. The van der Waals surface area contributed by atoms with Gasteiger partial charge in [-0.3, -0.25) is 0 Å². The van der Waals surface area contributed by atoms with E-state index in [1.54, 1.807) is 11.6 Å². The molecule has 0 aliphatic heterocycles. The normalized spacial score (nSPS) is 10.7. The molecule has 1 heterocycles. The summed E-state index contributed by atoms with van der Waals surface area (Å²) in [7, 11) is 1.71. The fourth-order valence-electron chi connectivity index (χ4n) is 1.16. The molecule has 0 spiro atoms. The summed E-state index contributed by atoms with van der Waals surface area (Å²) in [6.45, 7) is 3.96. The second-order valence-electron chi connectivity index (χ2n) is 3.02. The Balaban J connectivity index is 3.13. The van der Waals surface area contributed by atoms with Crippen LogP contribution in [0.2, 0.25) is 0 Å². The maximum absolute atomic E-state index is 10.6. The van der Waals surface area contributed by atoms with Crippen molar-refractivity contribution in [3.05, 3.63) is 17.7 Å². The van der Waals surface area contributed by atoms with Crippen molar-refractivity contribution in [2.24, 2.45) is 7.05 Å². The average Bonchev–Trinajstić information content (AvgIpc) is 2.30. The third-order valence-corrected chi connectivity index (χ3v) is 1.76. The van der Waals surface area contributed by atoms with Crippen molar-refractivity contribution in [1.29, 1.82) is 0 Å². The molecule has 1 aromatic heterocycles. The molecular formula is C8H12N2O2. The van der Waals surface area contributed by atoms with Crippen molar-refractivity contribution in [3.8, 4) is 0 Å². The summed E-state index contributed by atoms with van der Waals surface area (Å²) in [6, 6.07) is 0. The van der Waals surface area contributed by atoms with Gasteiger partial charge in [-0.2, -0.15) is 0 Å². The van der Waals surface area contributed by atoms with Crippen LogP contribution < -0.4 is 0 Å². The average molecular weight is 168 g/mol. The predicted molar refractivity (Wildman–Crippen MR) is 44.3 cm³/mol. The summed E-state index contributed by atoms with van der Waals surface area (Å²) in [4.78, 5) is 14.6. The number of hydrogen-bond acceptors (Lipinski definition) is 2. The molecule has 66 valence electrons. The monoisotopic (exact) mass is 168 g/mol. The van der Waals surface area contributed by atoms with Crippen LogP contribution in [0.15, 0.2) is 6.20 Å². The topological polar surface area (TPSA) is 55.1 Å². The molecule has 0 bridgehead atoms. The lowest BCUT2D eigenvalue weighted by Gasteiger charge is -2.05. The number of nitrogens with zero attached hydrogens (tertiary/aromatic N) is 2. The zero-order valence-electron chi connectivity index (χ0n) is 7.40. The van der Waals surface area contributed by atoms with E-state index in [1.165, 1.54) is 6.20 Å². The molecule has 1 rings (SSSR count). The summed E-state index contributed by atoms with van der Waals surface area (Å²) in [5.74, 6) is 0.118. The van der Waals surface area contributed by atoms with Gasteiger partial charge in [0, 0.05) is 13.0 Å². The van der Waals surface area contributed by atoms with E-state index in [0.717, 1.165) is 5.82 Å². The number of carboxylic acid groups (broad SMARTS) is 1. The first-order valence-corrected chi connectivity index (χ1v) is 3.79. The summed E-state index contributed by atoms with van der Waals surface area (Å²) < 4.78 is 1.60. The van der Waals surface area contributed by atoms with Crippen molar-refractivity contribution < 1.29 is 9.90 Å². The van der Waals surface area contributed by atoms with Gasteiger partial charge in [0.25, 0.3) is 0 Å². The van der Waals surface area contributed by atoms with E-state index in [2.05, 4.69) is 4.98 Å². The van der Waals surface area contributed by atoms with Gasteiger partial charge in [0.05, 0.1) is 6.20 Å². The maximum Gasteiger partial charge on any atom is 0.354 e. The van der Waals surface area contributed by atoms with Crippen LogP contribution in [-0.4, -0.2) is 20.6 Å². The van der Waals surface area contributed by atoms with Crippen LogP contribution in [0.3, 0.4) is 0 Å². The van der Waals surface area contributed by atoms with Crippen molar-refractivity contribution in [2.45, 2.75) is 19.8 Å². The van der Waals surface area contributed by atoms with Crippen LogP contribution in [-0.2, 0) is 7.05 Å². The lowest BCUT2D eigenvalue weighted by molar-refractivity contribution is 0.0686. The van der Waals surface area contributed by atoms with Crippen molar-refractivity contribution in [1.82, 2.24) is 9.55 Å². The number of hydrogen-bond donors (Lipinski definition) is 1. The van der Waals surface area contributed by atoms with Gasteiger partial charge in [-0.05, 0) is 0 Å². The van der Waals surface area contributed by atoms with Crippen LogP contribution in [0.4, 0.5) is 0 Å². The van der Waals surface area contributed by atoms with Gasteiger partial charge < -0.3 is 9.67 Å². The highest BCUT2D eigenvalue weighted by Gasteiger charge is 2.13. The molecule has 1 aromatic rings. The number of rotatable bonds is 2. The third-order valence-electron chi connectivity index (χ3n) is 1.76. The Kier molecular flexibility index (Phi) is 2.17. The predicted octanol–water partition coefficient (Wildman–Crippen LogP) is 1.24. The van der Waals surface area contributed by atoms with Gasteiger partial charge in [0.1, 0.15) is 11.5 Å². The first-order valence-electron chi connectivity index (χ1n) is 3.79. The largest absolute Gasteiger partial charge is 0.477 e. The summed E-state index contributed by atoms with van der Waals surface area (Å²) in [5.41, 5.74) is 0.235. The molecule has 0 fully saturated rings. The first kappa shape index (κ1) is 8.77. The Labute approximate surface area is 70.9 Å². The van der Waals surface area contributed by atoms with Crippen molar-refractivity contribution in [3.63, 3.8) is 0 Å². The van der Waals surface area contributed by atoms with Crippen molar-refractivity contribution in [2.75, 3.05) is 0 Å². The van der Waals surface area contributed by atoms with E-state index in [9.17, 15) is 4.79 Å². The second kappa shape index (κ2) is 2.97. The highest BCUT2D eigenvalue weighted by molar-refractivity contribution is 5.85. The van der Waals surface area contributed by atoms with Gasteiger partial charge in [-0.1, -0.05) is 13.8 Å². The SMILES string of the molecule is CC(C)c1ncc(C(=O)O)n1C. The zero-order chi connectivity index (χ0) is 9.30. The van der Waals surface area contributed by atoms with Gasteiger partial charge in [-0.25, -0.2) is 9.78 Å². The Bertz CT molecular complexity index is 302. The maximum atomic E-state index is 10.6. The van der Waals surface area contributed by atoms with Gasteiger partial charge >= 0.3 is 5.97 Å². The molecular weight excluding hydrogens is 156 g/mol. The Morgan fingerprint density at radius 1 is 1.67 bits per heavy atom. The summed E-state index contributed by atoms with van der Waals surface area (Å²) >= 11 is 0. The number of carboxylic acids is 1. The Hall–Kier alpha value is -1.32. The highest BCUT2D eigenvalue weighted by Crippen LogP contribution is 2.13. The molecule has 4 heteroatoms. The van der Waals surface area contributed by atoms with E-state index in [1.807, 2.05) is 13.8 Å². The van der Waals surface area contributed by atoms with E-state index < -0.39 is 5.97 Å². The van der Waals surface area contributed by atoms with E-state index in [0.29, 0.717) is 0 Å². The van der Waals surface area contributed by atoms with Gasteiger partial charge in [0.2, 0.25) is 0 Å². The minimum absolute atomic E-state index is 0.235. The van der Waals surface area contributed by atoms with Gasteiger partial charge in [-0.15, -0.1) is 0 Å². The van der Waals surface area contributed by atoms with E-state index in [-0.39, 0.29) is 11.6 Å². The van der Waals surface area contributed by atoms with Crippen LogP contribution >= 0.6 is 0 Å². The number of imidazole rings is 1. The molecule has 12 heavy (non-hydrogen) atoms. The molecule has 0 aromatic carbocycles. The third kappa shape index (κ3) is 1.32. The van der Waals surface area contributed by atoms with Gasteiger partial charge in [0.15, 0.2) is 0 Å². The van der Waals surface area contributed by atoms with E-state index >= 15 is 0 Å². The first-order chi connectivity index (χ1) is 5.54. The smallest absolute Gasteiger partial charge is 0.354 e. The molecule has 0 saturated heterocycles. The molecule has 0 atom stereocenters. The lowest BCUT2D eigenvalue weighted by Crippen LogP contribution is -2.07. The second-order valence-corrected chi connectivity index (χ2v) is 3.02.